The highest BCUT2D eigenvalue weighted by Gasteiger charge is 2.11. The number of nitrogens with zero attached hydrogens (tertiary/aromatic N) is 1. The predicted octanol–water partition coefficient (Wildman–Crippen LogP) is 11.9. The van der Waals surface area contributed by atoms with Crippen molar-refractivity contribution in [1.82, 2.24) is 0 Å². The van der Waals surface area contributed by atoms with Gasteiger partial charge in [0.2, 0.25) is 0 Å². The molecule has 1 heterocycles. The lowest BCUT2D eigenvalue weighted by atomic mass is 10.1. The minimum absolute atomic E-state index is 0.901. The minimum atomic E-state index is 0.901. The van der Waals surface area contributed by atoms with E-state index in [1.807, 2.05) is 71.1 Å². The molecule has 0 saturated carbocycles. The lowest BCUT2D eigenvalue weighted by Gasteiger charge is -2.20. The second-order valence-electron chi connectivity index (χ2n) is 8.44. The van der Waals surface area contributed by atoms with Crippen LogP contribution in [0.1, 0.15) is 52.7 Å². The second-order valence-corrected chi connectivity index (χ2v) is 9.50. The summed E-state index contributed by atoms with van der Waals surface area (Å²) in [5, 5.41) is 5.31. The Labute approximate surface area is 240 Å². The average molecular weight is 536 g/mol. The molecule has 0 unspecified atom stereocenters. The Kier molecular flexibility index (Phi) is 13.8. The van der Waals surface area contributed by atoms with Gasteiger partial charge < -0.3 is 4.90 Å². The van der Waals surface area contributed by atoms with Crippen LogP contribution in [0.3, 0.4) is 0 Å². The average Bonchev–Trinajstić information content (AvgIpc) is 3.40. The Morgan fingerprint density at radius 1 is 0.564 bits per heavy atom. The van der Waals surface area contributed by atoms with Crippen molar-refractivity contribution >= 4 is 48.0 Å². The SMILES string of the molecule is CC.CC.CC.CN(Cc1ccc2ccccc2c1)c1cccc2c1sc1ccccc12.Cc1ccccc1. The molecule has 0 N–H and O–H groups in total. The summed E-state index contributed by atoms with van der Waals surface area (Å²) in [5.41, 5.74) is 3.96. The van der Waals surface area contributed by atoms with Gasteiger partial charge in [0, 0.05) is 29.1 Å². The Morgan fingerprint density at radius 2 is 1.15 bits per heavy atom. The van der Waals surface area contributed by atoms with Crippen LogP contribution in [-0.2, 0) is 6.54 Å². The molecule has 0 fully saturated rings. The molecule has 1 aromatic heterocycles. The largest absolute Gasteiger partial charge is 0.369 e. The molecule has 0 saturated heterocycles. The van der Waals surface area contributed by atoms with E-state index in [1.165, 1.54) is 47.8 Å². The van der Waals surface area contributed by atoms with Crippen LogP contribution >= 0.6 is 11.3 Å². The summed E-state index contributed by atoms with van der Waals surface area (Å²) < 4.78 is 2.73. The number of aryl methyl sites for hydroxylation is 1. The first-order valence-electron chi connectivity index (χ1n) is 14.3. The third-order valence-corrected chi connectivity index (χ3v) is 7.18. The van der Waals surface area contributed by atoms with Crippen molar-refractivity contribution in [3.8, 4) is 0 Å². The number of hydrogen-bond donors (Lipinski definition) is 0. The van der Waals surface area contributed by atoms with Gasteiger partial charge >= 0.3 is 0 Å². The zero-order valence-corrected chi connectivity index (χ0v) is 25.8. The number of thiophene rings is 1. The summed E-state index contributed by atoms with van der Waals surface area (Å²) >= 11 is 1.89. The van der Waals surface area contributed by atoms with Crippen LogP contribution in [-0.4, -0.2) is 7.05 Å². The van der Waals surface area contributed by atoms with Gasteiger partial charge in [-0.1, -0.05) is 144 Å². The summed E-state index contributed by atoms with van der Waals surface area (Å²) in [7, 11) is 2.19. The molecule has 0 aliphatic carbocycles. The van der Waals surface area contributed by atoms with Crippen molar-refractivity contribution in [2.45, 2.75) is 55.0 Å². The molecule has 0 amide bonds. The van der Waals surface area contributed by atoms with Gasteiger partial charge in [-0.15, -0.1) is 11.3 Å². The standard InChI is InChI=1S/C24H19NS.C7H8.3C2H6/c1-25(16-17-13-14-18-7-2-3-8-19(18)15-17)22-11-6-10-21-20-9-4-5-12-23(20)26-24(21)22;1-7-5-3-2-4-6-7;3*1-2/h2-15H,16H2,1H3;2-6H,1H3;3*1-2H3. The summed E-state index contributed by atoms with van der Waals surface area (Å²) in [5.74, 6) is 0. The van der Waals surface area contributed by atoms with Gasteiger partial charge in [-0.05, 0) is 41.5 Å². The predicted molar refractivity (Wildman–Crippen MR) is 181 cm³/mol. The van der Waals surface area contributed by atoms with Crippen molar-refractivity contribution in [3.05, 3.63) is 126 Å². The molecule has 0 spiro atoms. The van der Waals surface area contributed by atoms with E-state index in [1.54, 1.807) is 0 Å². The molecule has 6 aromatic rings. The summed E-state index contributed by atoms with van der Waals surface area (Å²) in [6.07, 6.45) is 0. The summed E-state index contributed by atoms with van der Waals surface area (Å²) in [4.78, 5) is 2.36. The quantitative estimate of drug-likeness (QED) is 0.218. The first-order chi connectivity index (χ1) is 19.2. The normalized spacial score (nSPS) is 9.64. The molecule has 0 bridgehead atoms. The van der Waals surface area contributed by atoms with Crippen molar-refractivity contribution in [1.29, 1.82) is 0 Å². The van der Waals surface area contributed by atoms with Crippen LogP contribution in [0.4, 0.5) is 5.69 Å². The Balaban J connectivity index is 0.000000348. The molecule has 2 heteroatoms. The fourth-order valence-electron chi connectivity index (χ4n) is 4.26. The van der Waals surface area contributed by atoms with Crippen LogP contribution in [0.15, 0.2) is 115 Å². The molecule has 204 valence electrons. The fraction of sp³-hybridized carbons (Fsp3) is 0.243. The number of fused-ring (bicyclic) bond motifs is 4. The maximum absolute atomic E-state index is 2.36. The minimum Gasteiger partial charge on any atom is -0.369 e. The van der Waals surface area contributed by atoms with E-state index in [2.05, 4.69) is 116 Å². The smallest absolute Gasteiger partial charge is 0.0589 e. The van der Waals surface area contributed by atoms with E-state index in [4.69, 9.17) is 0 Å². The Bertz CT molecular complexity index is 1510. The monoisotopic (exact) mass is 535 g/mol. The Morgan fingerprint density at radius 3 is 1.82 bits per heavy atom. The highest BCUT2D eigenvalue weighted by Crippen LogP contribution is 2.39. The van der Waals surface area contributed by atoms with E-state index in [-0.39, 0.29) is 0 Å². The second kappa shape index (κ2) is 17.1. The molecule has 0 radical (unpaired) electrons. The highest BCUT2D eigenvalue weighted by molar-refractivity contribution is 7.26. The van der Waals surface area contributed by atoms with E-state index >= 15 is 0 Å². The van der Waals surface area contributed by atoms with Crippen LogP contribution in [0, 0.1) is 6.92 Å². The van der Waals surface area contributed by atoms with Gasteiger partial charge in [0.25, 0.3) is 0 Å². The van der Waals surface area contributed by atoms with Crippen LogP contribution < -0.4 is 4.90 Å². The number of hydrogen-bond acceptors (Lipinski definition) is 2. The topological polar surface area (TPSA) is 3.24 Å². The maximum atomic E-state index is 2.36. The van der Waals surface area contributed by atoms with E-state index in [0.29, 0.717) is 0 Å². The Hall–Kier alpha value is -3.62. The van der Waals surface area contributed by atoms with Gasteiger partial charge in [0.1, 0.15) is 0 Å². The van der Waals surface area contributed by atoms with E-state index < -0.39 is 0 Å². The van der Waals surface area contributed by atoms with Crippen molar-refractivity contribution < 1.29 is 0 Å². The number of benzene rings is 5. The molecule has 5 aromatic carbocycles. The zero-order valence-electron chi connectivity index (χ0n) is 25.0. The zero-order chi connectivity index (χ0) is 28.6. The third-order valence-electron chi connectivity index (χ3n) is 5.97. The third kappa shape index (κ3) is 8.43. The van der Waals surface area contributed by atoms with E-state index in [0.717, 1.165) is 6.54 Å². The molecule has 6 rings (SSSR count). The van der Waals surface area contributed by atoms with Crippen LogP contribution in [0.25, 0.3) is 30.9 Å². The molecular weight excluding hydrogens is 490 g/mol. The summed E-state index contributed by atoms with van der Waals surface area (Å²) in [6.45, 7) is 15.0. The lowest BCUT2D eigenvalue weighted by Crippen LogP contribution is -2.16. The first kappa shape index (κ1) is 31.6. The number of anilines is 1. The number of rotatable bonds is 3. The molecular formula is C37H45NS. The van der Waals surface area contributed by atoms with Gasteiger partial charge in [-0.3, -0.25) is 0 Å². The van der Waals surface area contributed by atoms with Crippen molar-refractivity contribution in [3.63, 3.8) is 0 Å². The molecule has 0 aliphatic rings. The van der Waals surface area contributed by atoms with Crippen LogP contribution in [0.2, 0.25) is 0 Å². The van der Waals surface area contributed by atoms with E-state index in [9.17, 15) is 0 Å². The molecule has 39 heavy (non-hydrogen) atoms. The summed E-state index contributed by atoms with van der Waals surface area (Å²) in [6, 6.07) is 40.9. The van der Waals surface area contributed by atoms with Gasteiger partial charge in [0.15, 0.2) is 0 Å². The first-order valence-corrected chi connectivity index (χ1v) is 15.1. The highest BCUT2D eigenvalue weighted by atomic mass is 32.1. The molecule has 1 nitrogen and oxygen atoms in total. The van der Waals surface area contributed by atoms with Gasteiger partial charge in [-0.25, -0.2) is 0 Å². The molecule has 0 aliphatic heterocycles. The lowest BCUT2D eigenvalue weighted by molar-refractivity contribution is 0.931. The van der Waals surface area contributed by atoms with Crippen molar-refractivity contribution in [2.75, 3.05) is 11.9 Å². The van der Waals surface area contributed by atoms with Crippen molar-refractivity contribution in [2.24, 2.45) is 0 Å². The fourth-order valence-corrected chi connectivity index (χ4v) is 5.53. The molecule has 0 atom stereocenters. The van der Waals surface area contributed by atoms with Crippen LogP contribution in [0.5, 0.6) is 0 Å². The van der Waals surface area contributed by atoms with Gasteiger partial charge in [0.05, 0.1) is 10.4 Å². The maximum Gasteiger partial charge on any atom is 0.0589 e. The van der Waals surface area contributed by atoms with Gasteiger partial charge in [-0.2, -0.15) is 0 Å².